The lowest BCUT2D eigenvalue weighted by Crippen LogP contribution is -2.06. The molecule has 0 amide bonds. The smallest absolute Gasteiger partial charge is 0.215 e. The number of nitrogens with zero attached hydrogens (tertiary/aromatic N) is 1. The van der Waals surface area contributed by atoms with Crippen molar-refractivity contribution in [2.45, 2.75) is 0 Å². The third-order valence-electron chi connectivity index (χ3n) is 2.37. The molecule has 0 atom stereocenters. The van der Waals surface area contributed by atoms with E-state index in [0.717, 1.165) is 18.3 Å². The third kappa shape index (κ3) is 2.34. The first-order valence-corrected chi connectivity index (χ1v) is 5.11. The van der Waals surface area contributed by atoms with Crippen molar-refractivity contribution < 1.29 is 18.3 Å². The predicted octanol–water partition coefficient (Wildman–Crippen LogP) is 2.60. The van der Waals surface area contributed by atoms with Crippen molar-refractivity contribution in [1.82, 2.24) is 4.98 Å². The fourth-order valence-corrected chi connectivity index (χ4v) is 1.51. The molecule has 2 rings (SSSR count). The molecule has 0 saturated carbocycles. The first-order valence-electron chi connectivity index (χ1n) is 5.11. The Morgan fingerprint density at radius 2 is 1.89 bits per heavy atom. The summed E-state index contributed by atoms with van der Waals surface area (Å²) in [5, 5.41) is 0. The molecule has 0 bridgehead atoms. The van der Waals surface area contributed by atoms with E-state index in [2.05, 4.69) is 4.98 Å². The van der Waals surface area contributed by atoms with E-state index in [1.807, 2.05) is 0 Å². The highest BCUT2D eigenvalue weighted by Gasteiger charge is 2.16. The molecule has 18 heavy (non-hydrogen) atoms. The topological polar surface area (TPSA) is 39.2 Å². The predicted molar refractivity (Wildman–Crippen MR) is 60.6 cm³/mol. The molecular weight excluding hydrogens is 240 g/mol. The van der Waals surface area contributed by atoms with Crippen LogP contribution in [0.3, 0.4) is 0 Å². The number of hydrogen-bond acceptors (Lipinski definition) is 3. The van der Waals surface area contributed by atoms with Crippen molar-refractivity contribution in [1.29, 1.82) is 0 Å². The van der Waals surface area contributed by atoms with Gasteiger partial charge in [0.25, 0.3) is 0 Å². The number of methoxy groups -OCH3 is 1. The number of ketones is 1. The number of halogens is 2. The van der Waals surface area contributed by atoms with E-state index in [4.69, 9.17) is 4.74 Å². The quantitative estimate of drug-likeness (QED) is 0.785. The standard InChI is InChI=1S/C13H9F2NO2/c1-18-12-5-3-8(14)6-10(12)13(17)11-4-2-9(15)7-16-11/h2-7H,1H3. The molecule has 0 radical (unpaired) electrons. The van der Waals surface area contributed by atoms with E-state index in [0.29, 0.717) is 0 Å². The molecule has 3 nitrogen and oxygen atoms in total. The number of hydrogen-bond donors (Lipinski definition) is 0. The van der Waals surface area contributed by atoms with Crippen LogP contribution in [0.25, 0.3) is 0 Å². The zero-order chi connectivity index (χ0) is 13.1. The Hall–Kier alpha value is -2.30. The average Bonchev–Trinajstić information content (AvgIpc) is 2.39. The summed E-state index contributed by atoms with van der Waals surface area (Å²) in [5.74, 6) is -1.38. The average molecular weight is 249 g/mol. The minimum absolute atomic E-state index is 0.0281. The second kappa shape index (κ2) is 4.91. The van der Waals surface area contributed by atoms with Gasteiger partial charge >= 0.3 is 0 Å². The minimum Gasteiger partial charge on any atom is -0.496 e. The van der Waals surface area contributed by atoms with Crippen molar-refractivity contribution in [3.63, 3.8) is 0 Å². The van der Waals surface area contributed by atoms with E-state index in [9.17, 15) is 13.6 Å². The maximum absolute atomic E-state index is 13.1. The second-order valence-electron chi connectivity index (χ2n) is 3.54. The Morgan fingerprint density at radius 3 is 2.50 bits per heavy atom. The molecule has 2 aromatic rings. The SMILES string of the molecule is COc1ccc(F)cc1C(=O)c1ccc(F)cn1. The van der Waals surface area contributed by atoms with Crippen molar-refractivity contribution in [2.24, 2.45) is 0 Å². The fourth-order valence-electron chi connectivity index (χ4n) is 1.51. The van der Waals surface area contributed by atoms with Crippen molar-refractivity contribution in [3.05, 3.63) is 59.4 Å². The van der Waals surface area contributed by atoms with Gasteiger partial charge in [-0.3, -0.25) is 4.79 Å². The molecule has 0 N–H and O–H groups in total. The van der Waals surface area contributed by atoms with Crippen molar-refractivity contribution >= 4 is 5.78 Å². The van der Waals surface area contributed by atoms with Crippen LogP contribution in [0.5, 0.6) is 5.75 Å². The summed E-state index contributed by atoms with van der Waals surface area (Å²) in [6.45, 7) is 0. The zero-order valence-corrected chi connectivity index (χ0v) is 9.48. The lowest BCUT2D eigenvalue weighted by atomic mass is 10.1. The third-order valence-corrected chi connectivity index (χ3v) is 2.37. The largest absolute Gasteiger partial charge is 0.496 e. The van der Waals surface area contributed by atoms with Gasteiger partial charge in [-0.1, -0.05) is 0 Å². The highest BCUT2D eigenvalue weighted by molar-refractivity contribution is 6.09. The highest BCUT2D eigenvalue weighted by Crippen LogP contribution is 2.22. The molecule has 1 aromatic carbocycles. The summed E-state index contributed by atoms with van der Waals surface area (Å²) >= 11 is 0. The lowest BCUT2D eigenvalue weighted by molar-refractivity contribution is 0.103. The molecule has 0 unspecified atom stereocenters. The van der Waals surface area contributed by atoms with Gasteiger partial charge in [-0.25, -0.2) is 13.8 Å². The number of aromatic nitrogens is 1. The van der Waals surface area contributed by atoms with Gasteiger partial charge in [0.15, 0.2) is 0 Å². The van der Waals surface area contributed by atoms with Crippen LogP contribution in [-0.4, -0.2) is 17.9 Å². The van der Waals surface area contributed by atoms with Crippen LogP contribution in [0, 0.1) is 11.6 Å². The summed E-state index contributed by atoms with van der Waals surface area (Å²) in [6, 6.07) is 5.96. The number of pyridine rings is 1. The van der Waals surface area contributed by atoms with E-state index in [1.165, 1.54) is 25.3 Å². The molecule has 1 heterocycles. The maximum atomic E-state index is 13.1. The van der Waals surface area contributed by atoms with Crippen LogP contribution in [0.2, 0.25) is 0 Å². The van der Waals surface area contributed by atoms with Gasteiger partial charge in [0.05, 0.1) is 18.9 Å². The molecule has 92 valence electrons. The van der Waals surface area contributed by atoms with Gasteiger partial charge in [-0.2, -0.15) is 0 Å². The Bertz CT molecular complexity index is 582. The van der Waals surface area contributed by atoms with Gasteiger partial charge in [-0.15, -0.1) is 0 Å². The summed E-state index contributed by atoms with van der Waals surface area (Å²) in [4.78, 5) is 15.7. The Kier molecular flexibility index (Phi) is 3.32. The molecule has 0 spiro atoms. The van der Waals surface area contributed by atoms with E-state index in [1.54, 1.807) is 0 Å². The molecule has 0 saturated heterocycles. The van der Waals surface area contributed by atoms with E-state index >= 15 is 0 Å². The fraction of sp³-hybridized carbons (Fsp3) is 0.0769. The number of rotatable bonds is 3. The first-order chi connectivity index (χ1) is 8.61. The van der Waals surface area contributed by atoms with Gasteiger partial charge in [-0.05, 0) is 30.3 Å². The zero-order valence-electron chi connectivity index (χ0n) is 9.48. The van der Waals surface area contributed by atoms with Gasteiger partial charge in [0, 0.05) is 0 Å². The molecule has 0 aliphatic carbocycles. The van der Waals surface area contributed by atoms with Crippen LogP contribution in [0.1, 0.15) is 16.1 Å². The van der Waals surface area contributed by atoms with Gasteiger partial charge < -0.3 is 4.74 Å². The number of ether oxygens (including phenoxy) is 1. The summed E-state index contributed by atoms with van der Waals surface area (Å²) in [5.41, 5.74) is 0.0805. The molecule has 5 heteroatoms. The Balaban J connectivity index is 2.45. The van der Waals surface area contributed by atoms with Crippen LogP contribution in [0.15, 0.2) is 36.5 Å². The second-order valence-corrected chi connectivity index (χ2v) is 3.54. The molecule has 0 aliphatic heterocycles. The molecule has 0 fully saturated rings. The number of benzene rings is 1. The molecule has 0 aliphatic rings. The van der Waals surface area contributed by atoms with E-state index in [-0.39, 0.29) is 17.0 Å². The molecular formula is C13H9F2NO2. The minimum atomic E-state index is -0.554. The molecule has 1 aromatic heterocycles. The van der Waals surface area contributed by atoms with Crippen molar-refractivity contribution in [3.8, 4) is 5.75 Å². The summed E-state index contributed by atoms with van der Waals surface area (Å²) < 4.78 is 30.8. The van der Waals surface area contributed by atoms with Gasteiger partial charge in [0.1, 0.15) is 23.1 Å². The maximum Gasteiger partial charge on any atom is 0.215 e. The van der Waals surface area contributed by atoms with E-state index < -0.39 is 17.4 Å². The summed E-state index contributed by atoms with van der Waals surface area (Å²) in [7, 11) is 1.38. The first kappa shape index (κ1) is 12.2. The number of carbonyl (C=O) groups excluding carboxylic acids is 1. The van der Waals surface area contributed by atoms with Gasteiger partial charge in [0.2, 0.25) is 5.78 Å². The number of carbonyl (C=O) groups is 1. The Morgan fingerprint density at radius 1 is 1.17 bits per heavy atom. The summed E-state index contributed by atoms with van der Waals surface area (Å²) in [6.07, 6.45) is 0.930. The lowest BCUT2D eigenvalue weighted by Gasteiger charge is -2.07. The highest BCUT2D eigenvalue weighted by atomic mass is 19.1. The van der Waals surface area contributed by atoms with Crippen LogP contribution in [0.4, 0.5) is 8.78 Å². The van der Waals surface area contributed by atoms with Crippen molar-refractivity contribution in [2.75, 3.05) is 7.11 Å². The normalized spacial score (nSPS) is 10.2. The monoisotopic (exact) mass is 249 g/mol. The van der Waals surface area contributed by atoms with Crippen LogP contribution < -0.4 is 4.74 Å². The van der Waals surface area contributed by atoms with Crippen LogP contribution >= 0.6 is 0 Å². The van der Waals surface area contributed by atoms with Crippen LogP contribution in [-0.2, 0) is 0 Å². The Labute approximate surface area is 102 Å².